The van der Waals surface area contributed by atoms with Crippen LogP contribution in [0.5, 0.6) is 0 Å². The molecule has 1 rings (SSSR count). The largest absolute Gasteiger partial charge is 0.381 e. The topological polar surface area (TPSA) is 65.4 Å². The van der Waals surface area contributed by atoms with Gasteiger partial charge in [0.25, 0.3) is 0 Å². The first-order chi connectivity index (χ1) is 7.76. The van der Waals surface area contributed by atoms with Crippen LogP contribution in [0.1, 0.15) is 19.8 Å². The van der Waals surface area contributed by atoms with E-state index in [1.165, 1.54) is 0 Å². The summed E-state index contributed by atoms with van der Waals surface area (Å²) in [7, 11) is 0. The first kappa shape index (κ1) is 12.9. The lowest BCUT2D eigenvalue weighted by Gasteiger charge is -2.24. The van der Waals surface area contributed by atoms with Crippen LogP contribution in [-0.4, -0.2) is 49.7 Å². The summed E-state index contributed by atoms with van der Waals surface area (Å²) in [6.45, 7) is 4.72. The van der Waals surface area contributed by atoms with E-state index in [2.05, 4.69) is 11.4 Å². The quantitative estimate of drug-likeness (QED) is 0.675. The van der Waals surface area contributed by atoms with Gasteiger partial charge in [0.2, 0.25) is 5.91 Å². The van der Waals surface area contributed by atoms with Crippen LogP contribution in [0.25, 0.3) is 0 Å². The van der Waals surface area contributed by atoms with E-state index < -0.39 is 0 Å². The maximum Gasteiger partial charge on any atom is 0.234 e. The zero-order valence-electron chi connectivity index (χ0n) is 9.74. The molecule has 0 bridgehead atoms. The molecule has 0 unspecified atom stereocenters. The average molecular weight is 225 g/mol. The molecule has 0 aromatic rings. The Bertz CT molecular complexity index is 256. The Labute approximate surface area is 96.4 Å². The summed E-state index contributed by atoms with van der Waals surface area (Å²) in [6, 6.07) is 2.29. The summed E-state index contributed by atoms with van der Waals surface area (Å²) in [5, 5.41) is 11.5. The summed E-state index contributed by atoms with van der Waals surface area (Å²) in [5.41, 5.74) is 0. The third kappa shape index (κ3) is 4.60. The number of nitrogens with zero attached hydrogens (tertiary/aromatic N) is 2. The molecule has 0 aliphatic carbocycles. The van der Waals surface area contributed by atoms with Gasteiger partial charge >= 0.3 is 0 Å². The third-order valence-corrected chi connectivity index (χ3v) is 2.70. The summed E-state index contributed by atoms with van der Waals surface area (Å²) in [6.07, 6.45) is 1.77. The van der Waals surface area contributed by atoms with E-state index in [1.807, 2.05) is 11.8 Å². The third-order valence-electron chi connectivity index (χ3n) is 2.70. The molecular formula is C11H19N3O2. The fourth-order valence-electron chi connectivity index (χ4n) is 1.70. The molecule has 1 amide bonds. The van der Waals surface area contributed by atoms with Gasteiger partial charge in [0.05, 0.1) is 19.2 Å². The minimum Gasteiger partial charge on any atom is -0.381 e. The van der Waals surface area contributed by atoms with Gasteiger partial charge in [-0.15, -0.1) is 0 Å². The number of nitrogens with one attached hydrogen (secondary N) is 1. The van der Waals surface area contributed by atoms with Crippen LogP contribution < -0.4 is 5.32 Å². The Kier molecular flexibility index (Phi) is 5.83. The second-order valence-electron chi connectivity index (χ2n) is 3.92. The highest BCUT2D eigenvalue weighted by molar-refractivity contribution is 5.78. The first-order valence-corrected chi connectivity index (χ1v) is 5.72. The first-order valence-electron chi connectivity index (χ1n) is 5.72. The van der Waals surface area contributed by atoms with Crippen LogP contribution in [0.3, 0.4) is 0 Å². The van der Waals surface area contributed by atoms with Gasteiger partial charge < -0.3 is 10.1 Å². The number of rotatable bonds is 5. The van der Waals surface area contributed by atoms with E-state index in [9.17, 15) is 4.79 Å². The molecule has 5 heteroatoms. The Hall–Kier alpha value is -1.12. The van der Waals surface area contributed by atoms with E-state index in [4.69, 9.17) is 10.00 Å². The van der Waals surface area contributed by atoms with Crippen molar-refractivity contribution in [3.05, 3.63) is 0 Å². The molecule has 1 heterocycles. The molecule has 1 saturated heterocycles. The number of carbonyl (C=O) groups is 1. The smallest absolute Gasteiger partial charge is 0.234 e. The molecule has 1 aliphatic rings. The molecule has 1 aliphatic heterocycles. The Morgan fingerprint density at radius 3 is 2.81 bits per heavy atom. The number of nitriles is 1. The van der Waals surface area contributed by atoms with Crippen molar-refractivity contribution >= 4 is 5.91 Å². The van der Waals surface area contributed by atoms with Crippen molar-refractivity contribution in [2.24, 2.45) is 0 Å². The highest BCUT2D eigenvalue weighted by Gasteiger charge is 2.17. The molecule has 1 fully saturated rings. The van der Waals surface area contributed by atoms with Gasteiger partial charge in [-0.25, -0.2) is 0 Å². The monoisotopic (exact) mass is 225 g/mol. The predicted molar refractivity (Wildman–Crippen MR) is 59.7 cm³/mol. The fourth-order valence-corrected chi connectivity index (χ4v) is 1.70. The van der Waals surface area contributed by atoms with E-state index in [-0.39, 0.29) is 11.9 Å². The maximum atomic E-state index is 11.7. The summed E-state index contributed by atoms with van der Waals surface area (Å²) < 4.78 is 5.22. The van der Waals surface area contributed by atoms with Gasteiger partial charge in [-0.1, -0.05) is 6.92 Å². The zero-order chi connectivity index (χ0) is 11.8. The van der Waals surface area contributed by atoms with Gasteiger partial charge in [0.1, 0.15) is 0 Å². The van der Waals surface area contributed by atoms with E-state index in [0.29, 0.717) is 13.1 Å². The van der Waals surface area contributed by atoms with Gasteiger partial charge in [0.15, 0.2) is 0 Å². The lowest BCUT2D eigenvalue weighted by Crippen LogP contribution is -2.44. The number of carbonyl (C=O) groups excluding carboxylic acids is 1. The lowest BCUT2D eigenvalue weighted by atomic mass is 10.1. The van der Waals surface area contributed by atoms with Crippen molar-refractivity contribution in [2.45, 2.75) is 25.8 Å². The van der Waals surface area contributed by atoms with Crippen LogP contribution in [0, 0.1) is 11.3 Å². The second-order valence-corrected chi connectivity index (χ2v) is 3.92. The zero-order valence-corrected chi connectivity index (χ0v) is 9.74. The standard InChI is InChI=1S/C11H19N3O2/c1-2-14(6-5-12)9-11(15)13-10-3-7-16-8-4-10/h10H,2-4,6-9H2,1H3,(H,13,15). The predicted octanol–water partition coefficient (Wildman–Crippen LogP) is 0.127. The van der Waals surface area contributed by atoms with E-state index >= 15 is 0 Å². The van der Waals surface area contributed by atoms with Crippen molar-refractivity contribution in [3.8, 4) is 6.07 Å². The highest BCUT2D eigenvalue weighted by atomic mass is 16.5. The molecule has 90 valence electrons. The maximum absolute atomic E-state index is 11.7. The molecule has 0 aromatic carbocycles. The van der Waals surface area contributed by atoms with Crippen LogP contribution >= 0.6 is 0 Å². The van der Waals surface area contributed by atoms with Gasteiger partial charge in [-0.2, -0.15) is 5.26 Å². The number of ether oxygens (including phenoxy) is 1. The van der Waals surface area contributed by atoms with Crippen molar-refractivity contribution in [3.63, 3.8) is 0 Å². The van der Waals surface area contributed by atoms with Crippen LogP contribution in [0.2, 0.25) is 0 Å². The van der Waals surface area contributed by atoms with Crippen molar-refractivity contribution in [1.82, 2.24) is 10.2 Å². The van der Waals surface area contributed by atoms with E-state index in [0.717, 1.165) is 32.6 Å². The van der Waals surface area contributed by atoms with Gasteiger partial charge in [-0.05, 0) is 19.4 Å². The summed E-state index contributed by atoms with van der Waals surface area (Å²) in [5.74, 6) is 0.00370. The molecule has 0 saturated carbocycles. The van der Waals surface area contributed by atoms with Gasteiger partial charge in [-0.3, -0.25) is 9.69 Å². The molecule has 5 nitrogen and oxygen atoms in total. The lowest BCUT2D eigenvalue weighted by molar-refractivity contribution is -0.123. The Balaban J connectivity index is 2.25. The molecule has 0 aromatic heterocycles. The fraction of sp³-hybridized carbons (Fsp3) is 0.818. The molecule has 0 radical (unpaired) electrons. The Morgan fingerprint density at radius 2 is 2.25 bits per heavy atom. The molecule has 16 heavy (non-hydrogen) atoms. The van der Waals surface area contributed by atoms with E-state index in [1.54, 1.807) is 0 Å². The second kappa shape index (κ2) is 7.20. The summed E-state index contributed by atoms with van der Waals surface area (Å²) in [4.78, 5) is 13.5. The molecule has 1 N–H and O–H groups in total. The normalized spacial score (nSPS) is 17.1. The van der Waals surface area contributed by atoms with Crippen LogP contribution in [0.4, 0.5) is 0 Å². The SMILES string of the molecule is CCN(CC#N)CC(=O)NC1CCOCC1. The number of hydrogen-bond acceptors (Lipinski definition) is 4. The van der Waals surface area contributed by atoms with Crippen molar-refractivity contribution in [2.75, 3.05) is 32.8 Å². The van der Waals surface area contributed by atoms with Crippen molar-refractivity contribution < 1.29 is 9.53 Å². The number of likely N-dealkylation sites (N-methyl/N-ethyl adjacent to an activating group) is 1. The Morgan fingerprint density at radius 1 is 1.56 bits per heavy atom. The number of amides is 1. The van der Waals surface area contributed by atoms with Crippen LogP contribution in [0.15, 0.2) is 0 Å². The minimum absolute atomic E-state index is 0.00370. The highest BCUT2D eigenvalue weighted by Crippen LogP contribution is 2.05. The summed E-state index contributed by atoms with van der Waals surface area (Å²) >= 11 is 0. The van der Waals surface area contributed by atoms with Crippen LogP contribution in [-0.2, 0) is 9.53 Å². The molecular weight excluding hydrogens is 206 g/mol. The molecule has 0 atom stereocenters. The van der Waals surface area contributed by atoms with Gasteiger partial charge in [0, 0.05) is 19.3 Å². The van der Waals surface area contributed by atoms with Crippen molar-refractivity contribution in [1.29, 1.82) is 5.26 Å². The molecule has 0 spiro atoms. The minimum atomic E-state index is 0.00370. The number of hydrogen-bond donors (Lipinski definition) is 1. The average Bonchev–Trinajstić information content (AvgIpc) is 2.29.